The number of ether oxygens (including phenoxy) is 1. The number of H-pyrrole nitrogens is 1. The molecular formula is C18H10BrClFN3O4. The molecule has 0 fully saturated rings. The number of rotatable bonds is 4. The van der Waals surface area contributed by atoms with Crippen LogP contribution in [0.25, 0.3) is 0 Å². The van der Waals surface area contributed by atoms with Gasteiger partial charge in [0.2, 0.25) is 0 Å². The summed E-state index contributed by atoms with van der Waals surface area (Å²) in [4.78, 5) is 25.0. The van der Waals surface area contributed by atoms with Gasteiger partial charge in [-0.15, -0.1) is 0 Å². The molecule has 0 aliphatic carbocycles. The molecule has 142 valence electrons. The van der Waals surface area contributed by atoms with E-state index >= 15 is 0 Å². The van der Waals surface area contributed by atoms with E-state index in [1.54, 1.807) is 0 Å². The lowest BCUT2D eigenvalue weighted by Gasteiger charge is -2.13. The zero-order valence-corrected chi connectivity index (χ0v) is 16.2. The van der Waals surface area contributed by atoms with Gasteiger partial charge < -0.3 is 9.84 Å². The van der Waals surface area contributed by atoms with Crippen molar-refractivity contribution in [2.75, 3.05) is 0 Å². The van der Waals surface area contributed by atoms with E-state index < -0.39 is 22.8 Å². The Labute approximate surface area is 170 Å². The second kappa shape index (κ2) is 7.88. The molecule has 28 heavy (non-hydrogen) atoms. The largest absolute Gasteiger partial charge is 0.502 e. The van der Waals surface area contributed by atoms with Gasteiger partial charge in [0.05, 0.1) is 28.8 Å². The van der Waals surface area contributed by atoms with Crippen molar-refractivity contribution in [2.24, 2.45) is 0 Å². The van der Waals surface area contributed by atoms with E-state index in [2.05, 4.69) is 15.9 Å². The number of benzene rings is 2. The number of aromatic hydroxyl groups is 1. The molecule has 1 heterocycles. The van der Waals surface area contributed by atoms with E-state index in [0.717, 1.165) is 10.8 Å². The molecule has 3 aromatic rings. The van der Waals surface area contributed by atoms with Crippen LogP contribution in [0.2, 0.25) is 5.02 Å². The summed E-state index contributed by atoms with van der Waals surface area (Å²) < 4.78 is 21.8. The van der Waals surface area contributed by atoms with Crippen molar-refractivity contribution in [3.05, 3.63) is 83.8 Å². The molecule has 0 bridgehead atoms. The van der Waals surface area contributed by atoms with Gasteiger partial charge in [-0.3, -0.25) is 14.3 Å². The predicted octanol–water partition coefficient (Wildman–Crippen LogP) is 3.51. The van der Waals surface area contributed by atoms with Gasteiger partial charge in [-0.25, -0.2) is 9.18 Å². The first-order valence-corrected chi connectivity index (χ1v) is 8.83. The number of aromatic nitrogens is 2. The van der Waals surface area contributed by atoms with Gasteiger partial charge in [0.15, 0.2) is 17.3 Å². The van der Waals surface area contributed by atoms with Crippen LogP contribution in [0.1, 0.15) is 11.1 Å². The molecule has 0 atom stereocenters. The van der Waals surface area contributed by atoms with Crippen molar-refractivity contribution in [1.29, 1.82) is 5.26 Å². The van der Waals surface area contributed by atoms with Gasteiger partial charge in [0.1, 0.15) is 5.75 Å². The highest BCUT2D eigenvalue weighted by Crippen LogP contribution is 2.35. The summed E-state index contributed by atoms with van der Waals surface area (Å²) >= 11 is 9.13. The molecule has 7 nitrogen and oxygen atoms in total. The highest BCUT2D eigenvalue weighted by atomic mass is 79.9. The normalized spacial score (nSPS) is 10.5. The summed E-state index contributed by atoms with van der Waals surface area (Å²) in [6.45, 7) is -0.266. The first-order chi connectivity index (χ1) is 13.3. The third kappa shape index (κ3) is 4.08. The number of aromatic amines is 1. The standard InChI is InChI=1S/C18H10BrClFN3O4/c19-13-2-1-10(7-24-8-14(25)17(26)23-18(24)27)15(21)16(13)28-12-4-9(6-22)3-11(20)5-12/h1-5,8,25H,7H2,(H,23,26,27). The van der Waals surface area contributed by atoms with E-state index in [9.17, 15) is 19.1 Å². The van der Waals surface area contributed by atoms with Crippen LogP contribution in [-0.4, -0.2) is 14.7 Å². The average molecular weight is 467 g/mol. The minimum absolute atomic E-state index is 0.0642. The maximum atomic E-state index is 15.0. The van der Waals surface area contributed by atoms with Crippen molar-refractivity contribution in [2.45, 2.75) is 6.54 Å². The van der Waals surface area contributed by atoms with Crippen LogP contribution >= 0.6 is 27.5 Å². The van der Waals surface area contributed by atoms with Crippen molar-refractivity contribution in [3.63, 3.8) is 0 Å². The van der Waals surface area contributed by atoms with Gasteiger partial charge in [-0.1, -0.05) is 17.7 Å². The van der Waals surface area contributed by atoms with E-state index in [4.69, 9.17) is 21.6 Å². The molecular weight excluding hydrogens is 457 g/mol. The summed E-state index contributed by atoms with van der Waals surface area (Å²) in [5, 5.41) is 18.7. The Hall–Kier alpha value is -3.09. The monoisotopic (exact) mass is 465 g/mol. The van der Waals surface area contributed by atoms with Crippen LogP contribution in [0, 0.1) is 17.1 Å². The molecule has 2 aromatic carbocycles. The van der Waals surface area contributed by atoms with Crippen molar-refractivity contribution in [1.82, 2.24) is 9.55 Å². The van der Waals surface area contributed by atoms with Gasteiger partial charge in [0, 0.05) is 10.6 Å². The van der Waals surface area contributed by atoms with Crippen molar-refractivity contribution < 1.29 is 14.2 Å². The van der Waals surface area contributed by atoms with Crippen LogP contribution in [0.15, 0.2) is 50.6 Å². The fourth-order valence-electron chi connectivity index (χ4n) is 2.39. The molecule has 1 aromatic heterocycles. The van der Waals surface area contributed by atoms with Crippen molar-refractivity contribution in [3.8, 4) is 23.3 Å². The molecule has 0 aliphatic heterocycles. The third-order valence-corrected chi connectivity index (χ3v) is 4.52. The zero-order chi connectivity index (χ0) is 20.4. The van der Waals surface area contributed by atoms with Crippen LogP contribution in [-0.2, 0) is 6.54 Å². The number of nitrogens with one attached hydrogen (secondary N) is 1. The number of hydrogen-bond acceptors (Lipinski definition) is 5. The maximum absolute atomic E-state index is 15.0. The lowest BCUT2D eigenvalue weighted by Crippen LogP contribution is -2.29. The highest BCUT2D eigenvalue weighted by molar-refractivity contribution is 9.10. The molecule has 0 radical (unpaired) electrons. The summed E-state index contributed by atoms with van der Waals surface area (Å²) in [5.41, 5.74) is -1.43. The SMILES string of the molecule is N#Cc1cc(Cl)cc(Oc2c(Br)ccc(Cn3cc(O)c(=O)[nH]c3=O)c2F)c1. The number of halogens is 3. The summed E-state index contributed by atoms with van der Waals surface area (Å²) in [7, 11) is 0. The molecule has 0 aliphatic rings. The van der Waals surface area contributed by atoms with E-state index in [1.165, 1.54) is 30.3 Å². The lowest BCUT2D eigenvalue weighted by atomic mass is 10.2. The summed E-state index contributed by atoms with van der Waals surface area (Å²) in [6.07, 6.45) is 0.916. The average Bonchev–Trinajstić information content (AvgIpc) is 2.64. The quantitative estimate of drug-likeness (QED) is 0.612. The number of hydrogen-bond donors (Lipinski definition) is 2. The van der Waals surface area contributed by atoms with Crippen LogP contribution in [0.4, 0.5) is 4.39 Å². The summed E-state index contributed by atoms with van der Waals surface area (Å²) in [6, 6.07) is 9.11. The Balaban J connectivity index is 2.00. The fraction of sp³-hybridized carbons (Fsp3) is 0.0556. The molecule has 0 saturated heterocycles. The Bertz CT molecular complexity index is 1230. The van der Waals surface area contributed by atoms with E-state index in [0.29, 0.717) is 4.47 Å². The molecule has 3 rings (SSSR count). The second-order valence-electron chi connectivity index (χ2n) is 5.64. The van der Waals surface area contributed by atoms with Gasteiger partial charge in [-0.2, -0.15) is 5.26 Å². The maximum Gasteiger partial charge on any atom is 0.328 e. The number of nitrogens with zero attached hydrogens (tertiary/aromatic N) is 2. The molecule has 0 amide bonds. The molecule has 0 saturated carbocycles. The Morgan fingerprint density at radius 3 is 2.79 bits per heavy atom. The smallest absolute Gasteiger partial charge is 0.328 e. The minimum atomic E-state index is -0.934. The minimum Gasteiger partial charge on any atom is -0.502 e. The third-order valence-electron chi connectivity index (χ3n) is 3.68. The highest BCUT2D eigenvalue weighted by Gasteiger charge is 2.16. The Morgan fingerprint density at radius 1 is 1.32 bits per heavy atom. The Morgan fingerprint density at radius 2 is 2.07 bits per heavy atom. The predicted molar refractivity (Wildman–Crippen MR) is 102 cm³/mol. The van der Waals surface area contributed by atoms with Gasteiger partial charge >= 0.3 is 5.69 Å². The first kappa shape index (κ1) is 19.7. The van der Waals surface area contributed by atoms with E-state index in [1.807, 2.05) is 11.1 Å². The number of nitriles is 1. The molecule has 0 spiro atoms. The lowest BCUT2D eigenvalue weighted by molar-refractivity contribution is 0.432. The molecule has 0 unspecified atom stereocenters. The van der Waals surface area contributed by atoms with Crippen LogP contribution < -0.4 is 16.0 Å². The molecule has 10 heteroatoms. The molecule has 2 N–H and O–H groups in total. The van der Waals surface area contributed by atoms with Crippen molar-refractivity contribution >= 4 is 27.5 Å². The first-order valence-electron chi connectivity index (χ1n) is 7.66. The van der Waals surface area contributed by atoms with Crippen LogP contribution in [0.5, 0.6) is 17.2 Å². The summed E-state index contributed by atoms with van der Waals surface area (Å²) in [5.74, 6) is -1.47. The van der Waals surface area contributed by atoms with Gasteiger partial charge in [-0.05, 0) is 40.2 Å². The van der Waals surface area contributed by atoms with Crippen LogP contribution in [0.3, 0.4) is 0 Å². The zero-order valence-electron chi connectivity index (χ0n) is 13.9. The fourth-order valence-corrected chi connectivity index (χ4v) is 3.00. The van der Waals surface area contributed by atoms with E-state index in [-0.39, 0.29) is 34.2 Å². The second-order valence-corrected chi connectivity index (χ2v) is 6.93. The Kier molecular flexibility index (Phi) is 5.53. The van der Waals surface area contributed by atoms with Gasteiger partial charge in [0.25, 0.3) is 5.56 Å². The topological polar surface area (TPSA) is 108 Å².